The Kier molecular flexibility index (Phi) is 21.9. The summed E-state index contributed by atoms with van der Waals surface area (Å²) in [6.45, 7) is 15.3. The summed E-state index contributed by atoms with van der Waals surface area (Å²) in [5, 5.41) is 3.22. The van der Waals surface area contributed by atoms with E-state index in [1.54, 1.807) is 10.6 Å². The number of benzene rings is 2. The van der Waals surface area contributed by atoms with Crippen molar-refractivity contribution < 1.29 is 9.47 Å². The van der Waals surface area contributed by atoms with Crippen molar-refractivity contribution in [2.45, 2.75) is 183 Å². The minimum absolute atomic E-state index is 0.806. The van der Waals surface area contributed by atoms with Crippen LogP contribution in [-0.2, 0) is 0 Å². The molecule has 0 fully saturated rings. The van der Waals surface area contributed by atoms with Crippen molar-refractivity contribution in [2.75, 3.05) is 24.7 Å². The maximum absolute atomic E-state index is 6.48. The maximum atomic E-state index is 6.48. The third kappa shape index (κ3) is 13.9. The van der Waals surface area contributed by atoms with E-state index in [9.17, 15) is 0 Å². The summed E-state index contributed by atoms with van der Waals surface area (Å²) in [6, 6.07) is 9.94. The summed E-state index contributed by atoms with van der Waals surface area (Å²) in [4.78, 5) is 0. The van der Waals surface area contributed by atoms with Gasteiger partial charge >= 0.3 is 0 Å². The molecule has 0 unspecified atom stereocenters. The molecule has 49 heavy (non-hydrogen) atoms. The molecule has 1 aliphatic heterocycles. The van der Waals surface area contributed by atoms with Gasteiger partial charge in [-0.2, -0.15) is 0 Å². The van der Waals surface area contributed by atoms with E-state index in [-0.39, 0.29) is 0 Å². The largest absolute Gasteiger partial charge is 0.493 e. The van der Waals surface area contributed by atoms with Gasteiger partial charge in [0.1, 0.15) is 22.1 Å². The molecule has 2 aromatic rings. The van der Waals surface area contributed by atoms with E-state index in [0.29, 0.717) is 0 Å². The molecule has 278 valence electrons. The quantitative estimate of drug-likeness (QED) is 0.0588. The molecule has 3 rings (SSSR count). The van der Waals surface area contributed by atoms with Crippen molar-refractivity contribution in [2.24, 2.45) is 0 Å². The first-order valence-corrected chi connectivity index (χ1v) is 25.7. The van der Waals surface area contributed by atoms with E-state index in [4.69, 9.17) is 9.47 Å². The highest BCUT2D eigenvalue weighted by molar-refractivity contribution is 8.98. The fourth-order valence-corrected chi connectivity index (χ4v) is 18.8. The molecule has 1 aliphatic rings. The first kappa shape index (κ1) is 42.6. The minimum atomic E-state index is -1.71. The van der Waals surface area contributed by atoms with Crippen LogP contribution in [0, 0.1) is 13.8 Å². The molecule has 0 aromatic heterocycles. The van der Waals surface area contributed by atoms with E-state index in [0.717, 1.165) is 37.6 Å². The second kappa shape index (κ2) is 25.2. The molecule has 2 aromatic carbocycles. The Bertz CT molecular complexity index is 1090. The van der Waals surface area contributed by atoms with Crippen LogP contribution in [0.1, 0.15) is 180 Å². The van der Waals surface area contributed by atoms with Gasteiger partial charge in [0.05, 0.1) is 13.2 Å². The van der Waals surface area contributed by atoms with Crippen molar-refractivity contribution in [1.82, 2.24) is 0 Å². The molecule has 1 heterocycles. The van der Waals surface area contributed by atoms with Crippen LogP contribution in [-0.4, -0.2) is 24.7 Å². The molecule has 0 saturated heterocycles. The standard InChI is InChI=1S/C44H74O2PS2/c1-7-11-15-17-19-21-23-27-31-48-47(49-32-28-24-22-20-18-16-12-8-2)43-33-37(5)41(45-29-25-13-9-3)35-39(43)40-36-42(38(6)34-44(40)47)46-30-26-14-10-4/h33-36H,7-32H2,1-6H3/q+1. The monoisotopic (exact) mass is 729 g/mol. The summed E-state index contributed by atoms with van der Waals surface area (Å²) < 4.78 is 13.0. The topological polar surface area (TPSA) is 18.5 Å². The van der Waals surface area contributed by atoms with Gasteiger partial charge in [-0.25, -0.2) is 0 Å². The van der Waals surface area contributed by atoms with Gasteiger partial charge in [-0.3, -0.25) is 0 Å². The molecule has 0 bridgehead atoms. The molecular weight excluding hydrogens is 656 g/mol. The van der Waals surface area contributed by atoms with Crippen molar-refractivity contribution in [1.29, 1.82) is 0 Å². The van der Waals surface area contributed by atoms with E-state index in [2.05, 4.69) is 88.6 Å². The lowest BCUT2D eigenvalue weighted by atomic mass is 10.0. The zero-order valence-electron chi connectivity index (χ0n) is 32.8. The number of aryl methyl sites for hydroxylation is 2. The smallest absolute Gasteiger partial charge is 0.198 e. The Morgan fingerprint density at radius 1 is 0.429 bits per heavy atom. The maximum Gasteiger partial charge on any atom is 0.198 e. The molecule has 5 heteroatoms. The second-order valence-electron chi connectivity index (χ2n) is 14.5. The molecule has 0 atom stereocenters. The Balaban J connectivity index is 1.88. The van der Waals surface area contributed by atoms with E-state index < -0.39 is 5.67 Å². The van der Waals surface area contributed by atoms with E-state index in [1.165, 1.54) is 162 Å². The lowest BCUT2D eigenvalue weighted by Gasteiger charge is -2.22. The van der Waals surface area contributed by atoms with Crippen LogP contribution in [0.4, 0.5) is 0 Å². The number of fused-ring (bicyclic) bond motifs is 3. The molecular formula is C44H74O2PS2+. The summed E-state index contributed by atoms with van der Waals surface area (Å²) in [7, 11) is 0. The third-order valence-electron chi connectivity index (χ3n) is 10.1. The highest BCUT2D eigenvalue weighted by atomic mass is 33.1. The predicted molar refractivity (Wildman–Crippen MR) is 228 cm³/mol. The van der Waals surface area contributed by atoms with Gasteiger partial charge in [0.25, 0.3) is 0 Å². The summed E-state index contributed by atoms with van der Waals surface area (Å²) in [6.07, 6.45) is 29.3. The average Bonchev–Trinajstić information content (AvgIpc) is 3.34. The number of hydrogen-bond acceptors (Lipinski definition) is 4. The first-order valence-electron chi connectivity index (χ1n) is 20.8. The summed E-state index contributed by atoms with van der Waals surface area (Å²) in [5.74, 6) is 4.67. The molecule has 0 amide bonds. The van der Waals surface area contributed by atoms with Crippen molar-refractivity contribution in [3.05, 3.63) is 35.4 Å². The van der Waals surface area contributed by atoms with E-state index in [1.807, 2.05) is 0 Å². The molecule has 0 spiro atoms. The highest BCUT2D eigenvalue weighted by Gasteiger charge is 2.54. The van der Waals surface area contributed by atoms with Crippen LogP contribution in [0.15, 0.2) is 24.3 Å². The summed E-state index contributed by atoms with van der Waals surface area (Å²) in [5.41, 5.74) is 3.74. The SMILES string of the molecule is CCCCCCCCCCS[P+]1(SCCCCCCCCCC)c2cc(C)c(OCCCCC)cc2-c2cc(OCCCCC)c(C)cc21. The number of ether oxygens (including phenoxy) is 2. The van der Waals surface area contributed by atoms with Crippen LogP contribution in [0.2, 0.25) is 0 Å². The zero-order valence-corrected chi connectivity index (χ0v) is 35.3. The van der Waals surface area contributed by atoms with Crippen LogP contribution in [0.25, 0.3) is 11.1 Å². The fraction of sp³-hybridized carbons (Fsp3) is 0.727. The number of rotatable bonds is 30. The Hall–Kier alpha value is -0.830. The molecule has 0 N–H and O–H groups in total. The van der Waals surface area contributed by atoms with Gasteiger partial charge < -0.3 is 9.47 Å². The Morgan fingerprint density at radius 2 is 0.755 bits per heavy atom. The van der Waals surface area contributed by atoms with Crippen molar-refractivity contribution in [3.63, 3.8) is 0 Å². The van der Waals surface area contributed by atoms with Crippen LogP contribution in [0.5, 0.6) is 11.5 Å². The Labute approximate surface area is 312 Å². The highest BCUT2D eigenvalue weighted by Crippen LogP contribution is 2.81. The number of hydrogen-bond donors (Lipinski definition) is 0. The molecule has 0 radical (unpaired) electrons. The molecule has 0 saturated carbocycles. The van der Waals surface area contributed by atoms with Crippen LogP contribution >= 0.6 is 28.4 Å². The molecule has 2 nitrogen and oxygen atoms in total. The lowest BCUT2D eigenvalue weighted by molar-refractivity contribution is 0.304. The van der Waals surface area contributed by atoms with Crippen molar-refractivity contribution in [3.8, 4) is 22.6 Å². The normalized spacial score (nSPS) is 13.1. The fourth-order valence-electron chi connectivity index (χ4n) is 6.95. The van der Waals surface area contributed by atoms with E-state index >= 15 is 0 Å². The number of unbranched alkanes of at least 4 members (excludes halogenated alkanes) is 18. The van der Waals surface area contributed by atoms with Gasteiger partial charge in [0.15, 0.2) is 5.67 Å². The lowest BCUT2D eigenvalue weighted by Crippen LogP contribution is -2.14. The van der Waals surface area contributed by atoms with Gasteiger partial charge in [-0.05, 0) is 74.9 Å². The average molecular weight is 730 g/mol. The van der Waals surface area contributed by atoms with Gasteiger partial charge in [-0.15, -0.1) is 0 Å². The van der Waals surface area contributed by atoms with Crippen molar-refractivity contribution >= 4 is 39.0 Å². The second-order valence-corrected chi connectivity index (χ2v) is 23.5. The van der Waals surface area contributed by atoms with Gasteiger partial charge in [0.2, 0.25) is 0 Å². The Morgan fingerprint density at radius 3 is 1.12 bits per heavy atom. The van der Waals surface area contributed by atoms with Gasteiger partial charge in [0, 0.05) is 45.4 Å². The minimum Gasteiger partial charge on any atom is -0.493 e. The third-order valence-corrected chi connectivity index (χ3v) is 21.3. The van der Waals surface area contributed by atoms with Crippen LogP contribution in [0.3, 0.4) is 0 Å². The zero-order chi connectivity index (χ0) is 35.2. The van der Waals surface area contributed by atoms with Crippen LogP contribution < -0.4 is 20.1 Å². The first-order chi connectivity index (χ1) is 24.0. The predicted octanol–water partition coefficient (Wildman–Crippen LogP) is 15.0. The molecule has 0 aliphatic carbocycles. The summed E-state index contributed by atoms with van der Waals surface area (Å²) >= 11 is 4.67. The van der Waals surface area contributed by atoms with Gasteiger partial charge in [-0.1, -0.05) is 143 Å².